The maximum Gasteiger partial charge on any atom is 0.199 e. The Morgan fingerprint density at radius 2 is 1.83 bits per heavy atom. The van der Waals surface area contributed by atoms with Gasteiger partial charge in [-0.2, -0.15) is 9.65 Å². The van der Waals surface area contributed by atoms with E-state index in [4.69, 9.17) is 5.26 Å². The summed E-state index contributed by atoms with van der Waals surface area (Å²) in [6.07, 6.45) is 13.4. The monoisotopic (exact) mass is 311 g/mol. The molecule has 122 valence electrons. The molecule has 0 N–H and O–H groups in total. The molecule has 1 aromatic carbocycles. The Bertz CT molecular complexity index is 569. The predicted molar refractivity (Wildman–Crippen MR) is 93.5 cm³/mol. The molecule has 0 radical (unpaired) electrons. The fourth-order valence-electron chi connectivity index (χ4n) is 3.32. The fraction of sp³-hybridized carbons (Fsp3) is 0.476. The van der Waals surface area contributed by atoms with Crippen LogP contribution in [0.1, 0.15) is 50.2 Å². The van der Waals surface area contributed by atoms with Crippen molar-refractivity contribution in [1.29, 1.82) is 5.26 Å². The zero-order valence-corrected chi connectivity index (χ0v) is 14.0. The summed E-state index contributed by atoms with van der Waals surface area (Å²) >= 11 is 0. The summed E-state index contributed by atoms with van der Waals surface area (Å²) in [6, 6.07) is 10.5. The number of halogens is 1. The average molecular weight is 311 g/mol. The first kappa shape index (κ1) is 17.5. The van der Waals surface area contributed by atoms with E-state index in [0.717, 1.165) is 12.3 Å². The van der Waals surface area contributed by atoms with Crippen molar-refractivity contribution in [1.82, 2.24) is 0 Å². The molecule has 2 rings (SSSR count). The summed E-state index contributed by atoms with van der Waals surface area (Å²) in [5.74, 6) is 0.638. The summed E-state index contributed by atoms with van der Waals surface area (Å²) < 4.78 is 12.7. The standard InChI is InChI=1S/C21H26FN/c1-2-17-6-8-19(9-7-17)14-15-20-12-10-18(11-13-20)4-3-5-21(22)16-23/h3-9,18,20H,2,10-15H2,1H3/b4-3+,21-5-/t18-,20-. The second-order valence-electron chi connectivity index (χ2n) is 6.50. The van der Waals surface area contributed by atoms with E-state index in [2.05, 4.69) is 37.3 Å². The number of aryl methyl sites for hydroxylation is 2. The largest absolute Gasteiger partial charge is 0.199 e. The van der Waals surface area contributed by atoms with Crippen LogP contribution < -0.4 is 0 Å². The fourth-order valence-corrected chi connectivity index (χ4v) is 3.32. The molecule has 0 amide bonds. The summed E-state index contributed by atoms with van der Waals surface area (Å²) in [5, 5.41) is 8.36. The molecule has 1 nitrogen and oxygen atoms in total. The van der Waals surface area contributed by atoms with Crippen LogP contribution in [0.25, 0.3) is 0 Å². The van der Waals surface area contributed by atoms with Gasteiger partial charge in [0.1, 0.15) is 6.07 Å². The smallest absolute Gasteiger partial charge is 0.195 e. The van der Waals surface area contributed by atoms with E-state index in [1.807, 2.05) is 0 Å². The minimum atomic E-state index is -0.718. The molecule has 0 saturated heterocycles. The van der Waals surface area contributed by atoms with Gasteiger partial charge in [0, 0.05) is 0 Å². The first-order chi connectivity index (χ1) is 11.2. The van der Waals surface area contributed by atoms with Crippen LogP contribution in [0.3, 0.4) is 0 Å². The Hall–Kier alpha value is -1.88. The van der Waals surface area contributed by atoms with Gasteiger partial charge in [-0.1, -0.05) is 43.3 Å². The molecule has 2 heteroatoms. The minimum absolute atomic E-state index is 0.540. The van der Waals surface area contributed by atoms with Crippen molar-refractivity contribution in [3.63, 3.8) is 0 Å². The van der Waals surface area contributed by atoms with Crippen molar-refractivity contribution >= 4 is 0 Å². The van der Waals surface area contributed by atoms with Gasteiger partial charge in [-0.25, -0.2) is 0 Å². The van der Waals surface area contributed by atoms with Crippen LogP contribution in [0.2, 0.25) is 0 Å². The lowest BCUT2D eigenvalue weighted by Gasteiger charge is -2.26. The van der Waals surface area contributed by atoms with Crippen molar-refractivity contribution in [2.24, 2.45) is 11.8 Å². The lowest BCUT2D eigenvalue weighted by atomic mass is 9.79. The quantitative estimate of drug-likeness (QED) is 0.472. The van der Waals surface area contributed by atoms with Crippen molar-refractivity contribution in [2.75, 3.05) is 0 Å². The molecule has 0 aliphatic heterocycles. The molecular weight excluding hydrogens is 285 g/mol. The van der Waals surface area contributed by atoms with Crippen molar-refractivity contribution in [3.05, 3.63) is 59.4 Å². The summed E-state index contributed by atoms with van der Waals surface area (Å²) in [7, 11) is 0. The number of allylic oxidation sites excluding steroid dienone is 4. The molecule has 1 saturated carbocycles. The highest BCUT2D eigenvalue weighted by Crippen LogP contribution is 2.32. The van der Waals surface area contributed by atoms with E-state index < -0.39 is 5.83 Å². The second-order valence-corrected chi connectivity index (χ2v) is 6.50. The SMILES string of the molecule is CCc1ccc(CC[C@H]2CC[C@H](/C=C/C=C(\F)C#N)CC2)cc1. The highest BCUT2D eigenvalue weighted by molar-refractivity contribution is 5.22. The average Bonchev–Trinajstić information content (AvgIpc) is 2.61. The zero-order valence-electron chi connectivity index (χ0n) is 14.0. The van der Waals surface area contributed by atoms with E-state index in [-0.39, 0.29) is 0 Å². The molecule has 0 bridgehead atoms. The molecule has 1 aliphatic rings. The van der Waals surface area contributed by atoms with Crippen LogP contribution in [0, 0.1) is 23.2 Å². The van der Waals surface area contributed by atoms with E-state index in [9.17, 15) is 4.39 Å². The van der Waals surface area contributed by atoms with Gasteiger partial charge < -0.3 is 0 Å². The summed E-state index contributed by atoms with van der Waals surface area (Å²) in [5.41, 5.74) is 2.85. The maximum atomic E-state index is 12.7. The Labute approximate surface area is 139 Å². The van der Waals surface area contributed by atoms with E-state index in [1.165, 1.54) is 61.8 Å². The third-order valence-electron chi connectivity index (χ3n) is 4.90. The van der Waals surface area contributed by atoms with Gasteiger partial charge >= 0.3 is 0 Å². The van der Waals surface area contributed by atoms with Crippen molar-refractivity contribution in [2.45, 2.75) is 51.9 Å². The molecule has 0 unspecified atom stereocenters. The highest BCUT2D eigenvalue weighted by Gasteiger charge is 2.19. The van der Waals surface area contributed by atoms with Gasteiger partial charge in [0.25, 0.3) is 0 Å². The highest BCUT2D eigenvalue weighted by atomic mass is 19.1. The molecule has 0 aromatic heterocycles. The topological polar surface area (TPSA) is 23.8 Å². The Morgan fingerprint density at radius 1 is 1.17 bits per heavy atom. The third kappa shape index (κ3) is 6.02. The molecule has 1 aromatic rings. The number of hydrogen-bond acceptors (Lipinski definition) is 1. The summed E-state index contributed by atoms with van der Waals surface area (Å²) in [6.45, 7) is 2.19. The lowest BCUT2D eigenvalue weighted by molar-refractivity contribution is 0.296. The number of rotatable bonds is 6. The predicted octanol–water partition coefficient (Wildman–Crippen LogP) is 5.92. The zero-order chi connectivity index (χ0) is 16.5. The number of nitrogens with zero attached hydrogens (tertiary/aromatic N) is 1. The first-order valence-electron chi connectivity index (χ1n) is 8.73. The molecule has 1 aliphatic carbocycles. The molecule has 0 spiro atoms. The Morgan fingerprint density at radius 3 is 2.43 bits per heavy atom. The van der Waals surface area contributed by atoms with Crippen LogP contribution in [0.5, 0.6) is 0 Å². The van der Waals surface area contributed by atoms with Crippen LogP contribution in [0.4, 0.5) is 4.39 Å². The maximum absolute atomic E-state index is 12.7. The second kappa shape index (κ2) is 9.30. The Balaban J connectivity index is 1.71. The number of hydrogen-bond donors (Lipinski definition) is 0. The molecular formula is C21H26FN. The molecule has 0 atom stereocenters. The molecule has 23 heavy (non-hydrogen) atoms. The number of nitriles is 1. The van der Waals surface area contributed by atoms with E-state index in [1.54, 1.807) is 6.08 Å². The van der Waals surface area contributed by atoms with Gasteiger partial charge in [-0.05, 0) is 74.0 Å². The van der Waals surface area contributed by atoms with Crippen LogP contribution in [-0.4, -0.2) is 0 Å². The number of benzene rings is 1. The van der Waals surface area contributed by atoms with Crippen molar-refractivity contribution < 1.29 is 4.39 Å². The first-order valence-corrected chi connectivity index (χ1v) is 8.73. The molecule has 1 fully saturated rings. The van der Waals surface area contributed by atoms with E-state index >= 15 is 0 Å². The Kier molecular flexibility index (Phi) is 7.07. The van der Waals surface area contributed by atoms with Gasteiger partial charge in [-0.15, -0.1) is 0 Å². The van der Waals surface area contributed by atoms with Gasteiger partial charge in [-0.3, -0.25) is 0 Å². The lowest BCUT2D eigenvalue weighted by Crippen LogP contribution is -2.13. The minimum Gasteiger partial charge on any atom is -0.195 e. The van der Waals surface area contributed by atoms with Crippen molar-refractivity contribution in [3.8, 4) is 6.07 Å². The van der Waals surface area contributed by atoms with Crippen LogP contribution in [-0.2, 0) is 12.8 Å². The van der Waals surface area contributed by atoms with Crippen LogP contribution >= 0.6 is 0 Å². The van der Waals surface area contributed by atoms with Gasteiger partial charge in [0.05, 0.1) is 0 Å². The normalized spacial score (nSPS) is 22.2. The summed E-state index contributed by atoms with van der Waals surface area (Å²) in [4.78, 5) is 0. The van der Waals surface area contributed by atoms with Gasteiger partial charge in [0.15, 0.2) is 5.83 Å². The third-order valence-corrected chi connectivity index (χ3v) is 4.90. The van der Waals surface area contributed by atoms with Gasteiger partial charge in [0.2, 0.25) is 0 Å². The van der Waals surface area contributed by atoms with E-state index in [0.29, 0.717) is 5.92 Å². The van der Waals surface area contributed by atoms with Crippen LogP contribution in [0.15, 0.2) is 48.3 Å². The molecule has 0 heterocycles.